The number of hydrogen-bond donors (Lipinski definition) is 1. The highest BCUT2D eigenvalue weighted by atomic mass is 16.5. The predicted octanol–water partition coefficient (Wildman–Crippen LogP) is 3.66. The Hall–Kier alpha value is -2.39. The quantitative estimate of drug-likeness (QED) is 0.792. The molecule has 0 amide bonds. The SMILES string of the molecule is Cc1cccc(C(O)COc2ccc3cccnc3c2)c1. The lowest BCUT2D eigenvalue weighted by atomic mass is 10.1. The summed E-state index contributed by atoms with van der Waals surface area (Å²) in [6, 6.07) is 17.5. The number of aliphatic hydroxyl groups is 1. The maximum Gasteiger partial charge on any atom is 0.121 e. The first-order chi connectivity index (χ1) is 10.2. The molecule has 0 spiro atoms. The molecular formula is C18H17NO2. The largest absolute Gasteiger partial charge is 0.490 e. The molecule has 21 heavy (non-hydrogen) atoms. The van der Waals surface area contributed by atoms with Crippen molar-refractivity contribution in [2.24, 2.45) is 0 Å². The molecule has 3 nitrogen and oxygen atoms in total. The Labute approximate surface area is 123 Å². The number of pyridine rings is 1. The van der Waals surface area contributed by atoms with Crippen LogP contribution in [0.2, 0.25) is 0 Å². The second-order valence-corrected chi connectivity index (χ2v) is 5.10. The van der Waals surface area contributed by atoms with E-state index in [4.69, 9.17) is 4.74 Å². The van der Waals surface area contributed by atoms with Crippen molar-refractivity contribution in [3.05, 3.63) is 71.9 Å². The van der Waals surface area contributed by atoms with Gasteiger partial charge in [-0.1, -0.05) is 35.9 Å². The van der Waals surface area contributed by atoms with E-state index in [-0.39, 0.29) is 6.61 Å². The van der Waals surface area contributed by atoms with Crippen LogP contribution in [0, 0.1) is 6.92 Å². The first kappa shape index (κ1) is 13.6. The molecule has 0 saturated heterocycles. The van der Waals surface area contributed by atoms with E-state index in [0.717, 1.165) is 22.0 Å². The van der Waals surface area contributed by atoms with Gasteiger partial charge in [-0.25, -0.2) is 0 Å². The molecule has 0 aliphatic carbocycles. The van der Waals surface area contributed by atoms with Crippen LogP contribution in [-0.2, 0) is 0 Å². The lowest BCUT2D eigenvalue weighted by Crippen LogP contribution is -2.09. The Morgan fingerprint density at radius 3 is 2.86 bits per heavy atom. The molecule has 1 heterocycles. The van der Waals surface area contributed by atoms with Crippen molar-refractivity contribution in [1.29, 1.82) is 0 Å². The Bertz CT molecular complexity index is 755. The molecular weight excluding hydrogens is 262 g/mol. The molecule has 0 aliphatic rings. The fraction of sp³-hybridized carbons (Fsp3) is 0.167. The van der Waals surface area contributed by atoms with Gasteiger partial charge in [-0.15, -0.1) is 0 Å². The number of ether oxygens (including phenoxy) is 1. The monoisotopic (exact) mass is 279 g/mol. The highest BCUT2D eigenvalue weighted by Crippen LogP contribution is 2.21. The van der Waals surface area contributed by atoms with Gasteiger partial charge in [0, 0.05) is 17.6 Å². The van der Waals surface area contributed by atoms with Crippen LogP contribution in [0.15, 0.2) is 60.8 Å². The zero-order valence-electron chi connectivity index (χ0n) is 11.9. The summed E-state index contributed by atoms with van der Waals surface area (Å²) in [4.78, 5) is 4.30. The zero-order valence-corrected chi connectivity index (χ0v) is 11.9. The number of hydrogen-bond acceptors (Lipinski definition) is 3. The van der Waals surface area contributed by atoms with Crippen LogP contribution in [0.5, 0.6) is 5.75 Å². The van der Waals surface area contributed by atoms with E-state index in [1.165, 1.54) is 0 Å². The number of fused-ring (bicyclic) bond motifs is 1. The topological polar surface area (TPSA) is 42.4 Å². The van der Waals surface area contributed by atoms with Crippen molar-refractivity contribution in [2.45, 2.75) is 13.0 Å². The molecule has 0 bridgehead atoms. The van der Waals surface area contributed by atoms with Crippen molar-refractivity contribution in [2.75, 3.05) is 6.61 Å². The average molecular weight is 279 g/mol. The first-order valence-corrected chi connectivity index (χ1v) is 6.94. The molecule has 0 saturated carbocycles. The average Bonchev–Trinajstić information content (AvgIpc) is 2.52. The zero-order chi connectivity index (χ0) is 14.7. The van der Waals surface area contributed by atoms with Gasteiger partial charge in [-0.2, -0.15) is 0 Å². The second kappa shape index (κ2) is 5.94. The predicted molar refractivity (Wildman–Crippen MR) is 83.4 cm³/mol. The summed E-state index contributed by atoms with van der Waals surface area (Å²) in [5.74, 6) is 0.716. The fourth-order valence-electron chi connectivity index (χ4n) is 2.28. The molecule has 0 aliphatic heterocycles. The van der Waals surface area contributed by atoms with E-state index in [9.17, 15) is 5.11 Å². The van der Waals surface area contributed by atoms with Gasteiger partial charge in [-0.05, 0) is 30.7 Å². The van der Waals surface area contributed by atoms with Crippen molar-refractivity contribution >= 4 is 10.9 Å². The van der Waals surface area contributed by atoms with E-state index >= 15 is 0 Å². The molecule has 2 aromatic carbocycles. The minimum atomic E-state index is -0.635. The van der Waals surface area contributed by atoms with Crippen LogP contribution in [0.4, 0.5) is 0 Å². The normalized spacial score (nSPS) is 12.3. The molecule has 1 aromatic heterocycles. The molecule has 0 fully saturated rings. The van der Waals surface area contributed by atoms with Crippen LogP contribution in [0.25, 0.3) is 10.9 Å². The Morgan fingerprint density at radius 1 is 1.10 bits per heavy atom. The molecule has 1 atom stereocenters. The number of aryl methyl sites for hydroxylation is 1. The van der Waals surface area contributed by atoms with Crippen molar-refractivity contribution in [1.82, 2.24) is 4.98 Å². The van der Waals surface area contributed by atoms with E-state index in [2.05, 4.69) is 4.98 Å². The highest BCUT2D eigenvalue weighted by Gasteiger charge is 2.08. The smallest absolute Gasteiger partial charge is 0.121 e. The first-order valence-electron chi connectivity index (χ1n) is 6.94. The van der Waals surface area contributed by atoms with E-state index < -0.39 is 6.10 Å². The van der Waals surface area contributed by atoms with Crippen molar-refractivity contribution in [3.8, 4) is 5.75 Å². The van der Waals surface area contributed by atoms with Crippen LogP contribution in [-0.4, -0.2) is 16.7 Å². The molecule has 106 valence electrons. The van der Waals surface area contributed by atoms with E-state index in [0.29, 0.717) is 5.75 Å². The van der Waals surface area contributed by atoms with Crippen LogP contribution >= 0.6 is 0 Å². The fourth-order valence-corrected chi connectivity index (χ4v) is 2.28. The van der Waals surface area contributed by atoms with E-state index in [1.54, 1.807) is 6.20 Å². The minimum Gasteiger partial charge on any atom is -0.490 e. The van der Waals surface area contributed by atoms with Gasteiger partial charge in [0.1, 0.15) is 18.5 Å². The third-order valence-corrected chi connectivity index (χ3v) is 3.41. The molecule has 3 rings (SSSR count). The summed E-state index contributed by atoms with van der Waals surface area (Å²) in [6.45, 7) is 2.23. The lowest BCUT2D eigenvalue weighted by Gasteiger charge is -2.13. The number of rotatable bonds is 4. The van der Waals surface area contributed by atoms with Gasteiger partial charge < -0.3 is 9.84 Å². The van der Waals surface area contributed by atoms with E-state index in [1.807, 2.05) is 61.5 Å². The summed E-state index contributed by atoms with van der Waals surface area (Å²) >= 11 is 0. The summed E-state index contributed by atoms with van der Waals surface area (Å²) in [5, 5.41) is 11.3. The summed E-state index contributed by atoms with van der Waals surface area (Å²) in [5.41, 5.74) is 2.88. The maximum atomic E-state index is 10.2. The molecule has 0 radical (unpaired) electrons. The summed E-state index contributed by atoms with van der Waals surface area (Å²) in [7, 11) is 0. The third kappa shape index (κ3) is 3.20. The summed E-state index contributed by atoms with van der Waals surface area (Å²) in [6.07, 6.45) is 1.12. The summed E-state index contributed by atoms with van der Waals surface area (Å²) < 4.78 is 5.68. The number of nitrogens with zero attached hydrogens (tertiary/aromatic N) is 1. The van der Waals surface area contributed by atoms with Gasteiger partial charge in [-0.3, -0.25) is 4.98 Å². The van der Waals surface area contributed by atoms with Gasteiger partial charge in [0.15, 0.2) is 0 Å². The maximum absolute atomic E-state index is 10.2. The number of aromatic nitrogens is 1. The van der Waals surface area contributed by atoms with Gasteiger partial charge >= 0.3 is 0 Å². The van der Waals surface area contributed by atoms with Gasteiger partial charge in [0.25, 0.3) is 0 Å². The van der Waals surface area contributed by atoms with Crippen LogP contribution in [0.1, 0.15) is 17.2 Å². The standard InChI is InChI=1S/C18H17NO2/c1-13-4-2-5-15(10-13)18(20)12-21-16-8-7-14-6-3-9-19-17(14)11-16/h2-11,18,20H,12H2,1H3. The highest BCUT2D eigenvalue weighted by molar-refractivity contribution is 5.79. The van der Waals surface area contributed by atoms with Gasteiger partial charge in [0.05, 0.1) is 5.52 Å². The number of aliphatic hydroxyl groups excluding tert-OH is 1. The second-order valence-electron chi connectivity index (χ2n) is 5.10. The molecule has 3 heteroatoms. The molecule has 3 aromatic rings. The minimum absolute atomic E-state index is 0.224. The Balaban J connectivity index is 1.71. The molecule has 1 unspecified atom stereocenters. The van der Waals surface area contributed by atoms with Crippen molar-refractivity contribution in [3.63, 3.8) is 0 Å². The number of benzene rings is 2. The van der Waals surface area contributed by atoms with Crippen LogP contribution in [0.3, 0.4) is 0 Å². The third-order valence-electron chi connectivity index (χ3n) is 3.41. The Kier molecular flexibility index (Phi) is 3.84. The van der Waals surface area contributed by atoms with Crippen molar-refractivity contribution < 1.29 is 9.84 Å². The molecule has 1 N–H and O–H groups in total. The lowest BCUT2D eigenvalue weighted by molar-refractivity contribution is 0.108. The Morgan fingerprint density at radius 2 is 2.00 bits per heavy atom. The van der Waals surface area contributed by atoms with Gasteiger partial charge in [0.2, 0.25) is 0 Å². The van der Waals surface area contributed by atoms with Crippen LogP contribution < -0.4 is 4.74 Å².